The van der Waals surface area contributed by atoms with Gasteiger partial charge < -0.3 is 20.4 Å². The summed E-state index contributed by atoms with van der Waals surface area (Å²) in [5.41, 5.74) is 9.45. The number of nitrogens with zero attached hydrogens (tertiary/aromatic N) is 4. The SMILES string of the molecule is Cn1c(NCc2ccc(Oc3ncc(Cl)cn3)cc2)nc2ccc(CC(=N)N)cc21. The molecule has 2 aromatic carbocycles. The number of hydrogen-bond donors (Lipinski definition) is 3. The van der Waals surface area contributed by atoms with E-state index in [0.29, 0.717) is 23.7 Å². The van der Waals surface area contributed by atoms with Crippen LogP contribution in [0.3, 0.4) is 0 Å². The molecule has 30 heavy (non-hydrogen) atoms. The minimum Gasteiger partial charge on any atom is -0.424 e. The van der Waals surface area contributed by atoms with Crippen molar-refractivity contribution in [2.45, 2.75) is 13.0 Å². The smallest absolute Gasteiger partial charge is 0.321 e. The average molecular weight is 422 g/mol. The molecule has 0 aliphatic rings. The molecule has 8 nitrogen and oxygen atoms in total. The summed E-state index contributed by atoms with van der Waals surface area (Å²) in [4.78, 5) is 12.7. The Morgan fingerprint density at radius 3 is 2.53 bits per heavy atom. The third-order valence-corrected chi connectivity index (χ3v) is 4.71. The summed E-state index contributed by atoms with van der Waals surface area (Å²) in [6.07, 6.45) is 3.41. The van der Waals surface area contributed by atoms with Crippen LogP contribution in [0.5, 0.6) is 11.8 Å². The largest absolute Gasteiger partial charge is 0.424 e. The summed E-state index contributed by atoms with van der Waals surface area (Å²) < 4.78 is 7.60. The Balaban J connectivity index is 1.42. The predicted molar refractivity (Wildman–Crippen MR) is 117 cm³/mol. The summed E-state index contributed by atoms with van der Waals surface area (Å²) in [6.45, 7) is 0.606. The molecule has 4 rings (SSSR count). The molecule has 0 amide bonds. The van der Waals surface area contributed by atoms with E-state index in [0.717, 1.165) is 28.1 Å². The molecule has 9 heteroatoms. The Morgan fingerprint density at radius 1 is 1.13 bits per heavy atom. The predicted octanol–water partition coefficient (Wildman–Crippen LogP) is 3.90. The second-order valence-electron chi connectivity index (χ2n) is 6.80. The van der Waals surface area contributed by atoms with Gasteiger partial charge in [-0.1, -0.05) is 29.8 Å². The molecule has 0 spiro atoms. The van der Waals surface area contributed by atoms with Gasteiger partial charge in [-0.05, 0) is 35.4 Å². The fourth-order valence-corrected chi connectivity index (χ4v) is 3.14. The zero-order valence-electron chi connectivity index (χ0n) is 16.3. The highest BCUT2D eigenvalue weighted by Crippen LogP contribution is 2.22. The van der Waals surface area contributed by atoms with Gasteiger partial charge in [-0.25, -0.2) is 15.0 Å². The maximum absolute atomic E-state index is 7.47. The quantitative estimate of drug-likeness (QED) is 0.308. The number of nitrogens with two attached hydrogens (primary N) is 1. The van der Waals surface area contributed by atoms with Gasteiger partial charge in [0.05, 0.1) is 34.3 Å². The van der Waals surface area contributed by atoms with Crippen LogP contribution in [0.25, 0.3) is 11.0 Å². The Morgan fingerprint density at radius 2 is 1.83 bits per heavy atom. The monoisotopic (exact) mass is 421 g/mol. The van der Waals surface area contributed by atoms with Gasteiger partial charge in [0.25, 0.3) is 0 Å². The maximum atomic E-state index is 7.47. The molecular weight excluding hydrogens is 402 g/mol. The number of rotatable bonds is 7. The fourth-order valence-electron chi connectivity index (χ4n) is 3.04. The lowest BCUT2D eigenvalue weighted by Crippen LogP contribution is -2.12. The minimum absolute atomic E-state index is 0.143. The Bertz CT molecular complexity index is 1190. The lowest BCUT2D eigenvalue weighted by molar-refractivity contribution is 0.441. The lowest BCUT2D eigenvalue weighted by Gasteiger charge is -2.08. The van der Waals surface area contributed by atoms with Gasteiger partial charge in [0, 0.05) is 20.0 Å². The number of fused-ring (bicyclic) bond motifs is 1. The van der Waals surface area contributed by atoms with Crippen LogP contribution in [0.1, 0.15) is 11.1 Å². The molecule has 0 unspecified atom stereocenters. The third kappa shape index (κ3) is 4.49. The van der Waals surface area contributed by atoms with Gasteiger partial charge in [0.15, 0.2) is 0 Å². The molecule has 2 heterocycles. The van der Waals surface area contributed by atoms with Gasteiger partial charge in [-0.2, -0.15) is 0 Å². The summed E-state index contributed by atoms with van der Waals surface area (Å²) in [7, 11) is 1.96. The van der Waals surface area contributed by atoms with Crippen LogP contribution in [0.4, 0.5) is 5.95 Å². The molecule has 0 atom stereocenters. The first-order valence-corrected chi connectivity index (χ1v) is 9.62. The maximum Gasteiger partial charge on any atom is 0.321 e. The summed E-state index contributed by atoms with van der Waals surface area (Å²) in [6, 6.07) is 13.8. The summed E-state index contributed by atoms with van der Waals surface area (Å²) in [5.74, 6) is 1.55. The van der Waals surface area contributed by atoms with E-state index in [1.165, 1.54) is 12.4 Å². The van der Waals surface area contributed by atoms with Crippen LogP contribution in [-0.4, -0.2) is 25.4 Å². The number of aryl methyl sites for hydroxylation is 1. The molecule has 152 valence electrons. The first-order chi connectivity index (χ1) is 14.5. The number of nitrogens with one attached hydrogen (secondary N) is 2. The van der Waals surface area contributed by atoms with E-state index in [4.69, 9.17) is 27.5 Å². The van der Waals surface area contributed by atoms with Crippen LogP contribution in [0, 0.1) is 5.41 Å². The number of hydrogen-bond acceptors (Lipinski definition) is 6. The Hall–Kier alpha value is -3.65. The van der Waals surface area contributed by atoms with Gasteiger partial charge in [0.1, 0.15) is 5.75 Å². The molecule has 0 saturated carbocycles. The van der Waals surface area contributed by atoms with E-state index in [2.05, 4.69) is 20.3 Å². The van der Waals surface area contributed by atoms with Crippen LogP contribution in [0.2, 0.25) is 5.02 Å². The van der Waals surface area contributed by atoms with E-state index >= 15 is 0 Å². The number of benzene rings is 2. The van der Waals surface area contributed by atoms with Crippen LogP contribution in [-0.2, 0) is 20.0 Å². The zero-order valence-corrected chi connectivity index (χ0v) is 17.0. The van der Waals surface area contributed by atoms with Gasteiger partial charge >= 0.3 is 6.01 Å². The molecule has 2 aromatic heterocycles. The topological polar surface area (TPSA) is 115 Å². The second kappa shape index (κ2) is 8.38. The molecule has 4 aromatic rings. The highest BCUT2D eigenvalue weighted by molar-refractivity contribution is 6.30. The van der Waals surface area contributed by atoms with E-state index in [-0.39, 0.29) is 11.8 Å². The third-order valence-electron chi connectivity index (χ3n) is 4.52. The number of imidazole rings is 1. The number of anilines is 1. The van der Waals surface area contributed by atoms with Crippen molar-refractivity contribution in [1.29, 1.82) is 5.41 Å². The first kappa shape index (κ1) is 19.7. The van der Waals surface area contributed by atoms with Gasteiger partial charge in [-0.3, -0.25) is 5.41 Å². The van der Waals surface area contributed by atoms with Crippen molar-refractivity contribution in [1.82, 2.24) is 19.5 Å². The van der Waals surface area contributed by atoms with Crippen molar-refractivity contribution in [3.05, 3.63) is 71.0 Å². The number of amidine groups is 1. The standard InChI is InChI=1S/C21H20ClN7O/c1-29-18-8-14(9-19(23)24)4-7-17(18)28-20(29)25-10-13-2-5-16(6-3-13)30-21-26-11-15(22)12-27-21/h2-8,11-12H,9-10H2,1H3,(H3,23,24)(H,25,28). The van der Waals surface area contributed by atoms with E-state index < -0.39 is 0 Å². The van der Waals surface area contributed by atoms with Crippen LogP contribution >= 0.6 is 11.6 Å². The molecule has 0 saturated heterocycles. The average Bonchev–Trinajstić information content (AvgIpc) is 3.04. The van der Waals surface area contributed by atoms with Crippen molar-refractivity contribution < 1.29 is 4.74 Å². The fraction of sp³-hybridized carbons (Fsp3) is 0.143. The van der Waals surface area contributed by atoms with E-state index in [9.17, 15) is 0 Å². The molecule has 0 bridgehead atoms. The first-order valence-electron chi connectivity index (χ1n) is 9.24. The Labute approximate surface area is 178 Å². The molecule has 0 aliphatic heterocycles. The van der Waals surface area contributed by atoms with Gasteiger partial charge in [0.2, 0.25) is 5.95 Å². The van der Waals surface area contributed by atoms with Crippen molar-refractivity contribution in [2.24, 2.45) is 12.8 Å². The molecule has 0 radical (unpaired) electrons. The zero-order chi connectivity index (χ0) is 21.1. The molecular formula is C21H20ClN7O. The number of ether oxygens (including phenoxy) is 1. The summed E-state index contributed by atoms with van der Waals surface area (Å²) >= 11 is 5.78. The molecule has 0 aliphatic carbocycles. The second-order valence-corrected chi connectivity index (χ2v) is 7.24. The number of halogens is 1. The van der Waals surface area contributed by atoms with E-state index in [1.54, 1.807) is 0 Å². The van der Waals surface area contributed by atoms with E-state index in [1.807, 2.05) is 54.1 Å². The van der Waals surface area contributed by atoms with Gasteiger partial charge in [-0.15, -0.1) is 0 Å². The number of aromatic nitrogens is 4. The van der Waals surface area contributed by atoms with Crippen molar-refractivity contribution in [3.63, 3.8) is 0 Å². The molecule has 4 N–H and O–H groups in total. The van der Waals surface area contributed by atoms with Crippen molar-refractivity contribution in [3.8, 4) is 11.8 Å². The Kier molecular flexibility index (Phi) is 5.49. The van der Waals surface area contributed by atoms with Crippen molar-refractivity contribution in [2.75, 3.05) is 5.32 Å². The normalized spacial score (nSPS) is 10.9. The van der Waals surface area contributed by atoms with Crippen molar-refractivity contribution >= 4 is 34.4 Å². The highest BCUT2D eigenvalue weighted by Gasteiger charge is 2.09. The lowest BCUT2D eigenvalue weighted by atomic mass is 10.1. The minimum atomic E-state index is 0.143. The molecule has 0 fully saturated rings. The van der Waals surface area contributed by atoms with Crippen LogP contribution < -0.4 is 15.8 Å². The van der Waals surface area contributed by atoms with Crippen LogP contribution in [0.15, 0.2) is 54.9 Å². The highest BCUT2D eigenvalue weighted by atomic mass is 35.5. The summed E-state index contributed by atoms with van der Waals surface area (Å²) in [5, 5.41) is 11.3.